The van der Waals surface area contributed by atoms with Crippen molar-refractivity contribution in [2.75, 3.05) is 5.32 Å². The average molecular weight is 265 g/mol. The maximum absolute atomic E-state index is 11.4. The molecule has 0 aliphatic heterocycles. The number of hydrogen-bond donors (Lipinski definition) is 3. The Kier molecular flexibility index (Phi) is 3.24. The van der Waals surface area contributed by atoms with E-state index >= 15 is 0 Å². The summed E-state index contributed by atoms with van der Waals surface area (Å²) in [5.74, 6) is 0.505. The predicted octanol–water partition coefficient (Wildman–Crippen LogP) is 0.356. The van der Waals surface area contributed by atoms with Crippen LogP contribution in [-0.2, 0) is 12.0 Å². The third-order valence-electron chi connectivity index (χ3n) is 2.39. The number of aromatic amines is 2. The van der Waals surface area contributed by atoms with Crippen LogP contribution in [0.3, 0.4) is 0 Å². The fraction of sp³-hybridized carbons (Fsp3) is 0.455. The summed E-state index contributed by atoms with van der Waals surface area (Å²) in [7, 11) is 0. The van der Waals surface area contributed by atoms with Crippen LogP contribution in [-0.4, -0.2) is 20.2 Å². The van der Waals surface area contributed by atoms with Gasteiger partial charge in [-0.15, -0.1) is 5.10 Å². The molecule has 8 nitrogen and oxygen atoms in total. The fourth-order valence-electron chi connectivity index (χ4n) is 1.34. The first-order chi connectivity index (χ1) is 8.86. The average Bonchev–Trinajstić information content (AvgIpc) is 2.76. The van der Waals surface area contributed by atoms with Gasteiger partial charge in [0.05, 0.1) is 12.1 Å². The van der Waals surface area contributed by atoms with Crippen LogP contribution < -0.4 is 16.6 Å². The summed E-state index contributed by atoms with van der Waals surface area (Å²) in [5.41, 5.74) is -0.856. The second-order valence-electron chi connectivity index (χ2n) is 5.11. The van der Waals surface area contributed by atoms with E-state index < -0.39 is 11.2 Å². The number of H-pyrrole nitrogens is 2. The zero-order chi connectivity index (χ0) is 14.0. The third-order valence-corrected chi connectivity index (χ3v) is 2.39. The summed E-state index contributed by atoms with van der Waals surface area (Å²) in [6.07, 6.45) is 1.34. The van der Waals surface area contributed by atoms with Crippen LogP contribution in [0.5, 0.6) is 0 Å². The number of nitrogens with zero attached hydrogens (tertiary/aromatic N) is 2. The molecule has 2 heterocycles. The lowest BCUT2D eigenvalue weighted by Crippen LogP contribution is -2.25. The van der Waals surface area contributed by atoms with Crippen molar-refractivity contribution in [3.8, 4) is 0 Å². The molecule has 0 atom stereocenters. The number of hydrogen-bond acceptors (Lipinski definition) is 6. The molecular formula is C11H15N5O3. The van der Waals surface area contributed by atoms with Gasteiger partial charge < -0.3 is 14.7 Å². The molecular weight excluding hydrogens is 250 g/mol. The van der Waals surface area contributed by atoms with E-state index in [0.717, 1.165) is 0 Å². The van der Waals surface area contributed by atoms with Crippen molar-refractivity contribution < 1.29 is 4.42 Å². The molecule has 19 heavy (non-hydrogen) atoms. The minimum Gasteiger partial charge on any atom is -0.408 e. The van der Waals surface area contributed by atoms with Gasteiger partial charge >= 0.3 is 11.7 Å². The molecule has 0 spiro atoms. The number of rotatable bonds is 3. The molecule has 0 aliphatic rings. The molecule has 0 aromatic carbocycles. The van der Waals surface area contributed by atoms with Gasteiger partial charge in [-0.25, -0.2) is 4.79 Å². The summed E-state index contributed by atoms with van der Waals surface area (Å²) in [6.45, 7) is 6.04. The third kappa shape index (κ3) is 3.09. The Labute approximate surface area is 108 Å². The molecule has 2 aromatic heterocycles. The van der Waals surface area contributed by atoms with Crippen LogP contribution >= 0.6 is 0 Å². The maximum Gasteiger partial charge on any atom is 0.325 e. The second-order valence-corrected chi connectivity index (χ2v) is 5.11. The molecule has 8 heteroatoms. The van der Waals surface area contributed by atoms with E-state index in [1.807, 2.05) is 20.8 Å². The summed E-state index contributed by atoms with van der Waals surface area (Å²) < 4.78 is 5.42. The van der Waals surface area contributed by atoms with Gasteiger partial charge in [0.1, 0.15) is 0 Å². The lowest BCUT2D eigenvalue weighted by Gasteiger charge is -2.10. The first-order valence-electron chi connectivity index (χ1n) is 5.75. The summed E-state index contributed by atoms with van der Waals surface area (Å²) >= 11 is 0. The molecule has 0 aliphatic carbocycles. The SMILES string of the molecule is CC(C)(C)c1nnc(NCc2c[nH]c(=O)[nH]c2=O)o1. The van der Waals surface area contributed by atoms with Gasteiger partial charge in [-0.3, -0.25) is 9.78 Å². The molecule has 0 bridgehead atoms. The lowest BCUT2D eigenvalue weighted by molar-refractivity contribution is 0.399. The van der Waals surface area contributed by atoms with Crippen LogP contribution in [0.2, 0.25) is 0 Å². The van der Waals surface area contributed by atoms with E-state index in [0.29, 0.717) is 11.5 Å². The van der Waals surface area contributed by atoms with Crippen LogP contribution in [0.25, 0.3) is 0 Å². The Morgan fingerprint density at radius 3 is 2.63 bits per heavy atom. The quantitative estimate of drug-likeness (QED) is 0.737. The Balaban J connectivity index is 2.09. The number of anilines is 1. The molecule has 3 N–H and O–H groups in total. The molecule has 2 aromatic rings. The Hall–Kier alpha value is -2.38. The monoisotopic (exact) mass is 265 g/mol. The highest BCUT2D eigenvalue weighted by atomic mass is 16.4. The smallest absolute Gasteiger partial charge is 0.325 e. The van der Waals surface area contributed by atoms with Crippen molar-refractivity contribution in [1.82, 2.24) is 20.2 Å². The van der Waals surface area contributed by atoms with Gasteiger partial charge in [0.2, 0.25) is 5.89 Å². The second kappa shape index (κ2) is 4.71. The largest absolute Gasteiger partial charge is 0.408 e. The van der Waals surface area contributed by atoms with Gasteiger partial charge in [-0.1, -0.05) is 25.9 Å². The predicted molar refractivity (Wildman–Crippen MR) is 68.0 cm³/mol. The Morgan fingerprint density at radius 2 is 2.05 bits per heavy atom. The minimum atomic E-state index is -0.540. The lowest BCUT2D eigenvalue weighted by atomic mass is 9.97. The molecule has 102 valence electrons. The van der Waals surface area contributed by atoms with Gasteiger partial charge in [-0.05, 0) is 0 Å². The van der Waals surface area contributed by atoms with Crippen LogP contribution in [0.4, 0.5) is 6.01 Å². The maximum atomic E-state index is 11.4. The van der Waals surface area contributed by atoms with Gasteiger partial charge in [0, 0.05) is 11.6 Å². The van der Waals surface area contributed by atoms with Crippen molar-refractivity contribution >= 4 is 6.01 Å². The molecule has 0 saturated heterocycles. The van der Waals surface area contributed by atoms with Gasteiger partial charge in [-0.2, -0.15) is 0 Å². The standard InChI is InChI=1S/C11H15N5O3/c1-11(2,3)8-15-16-10(19-8)13-5-6-4-12-9(18)14-7(6)17/h4H,5H2,1-3H3,(H,13,16)(H2,12,14,17,18). The van der Waals surface area contributed by atoms with E-state index in [9.17, 15) is 9.59 Å². The summed E-state index contributed by atoms with van der Waals surface area (Å²) in [5, 5.41) is 10.6. The molecule has 0 unspecified atom stereocenters. The van der Waals surface area contributed by atoms with Crippen LogP contribution in [0, 0.1) is 0 Å². The topological polar surface area (TPSA) is 117 Å². The Bertz CT molecular complexity index is 676. The zero-order valence-corrected chi connectivity index (χ0v) is 10.9. The van der Waals surface area contributed by atoms with Crippen molar-refractivity contribution in [3.05, 3.63) is 38.5 Å². The first kappa shape index (κ1) is 13.1. The molecule has 2 rings (SSSR count). The van der Waals surface area contributed by atoms with Gasteiger partial charge in [0.25, 0.3) is 5.56 Å². The van der Waals surface area contributed by atoms with Crippen molar-refractivity contribution in [2.45, 2.75) is 32.7 Å². The highest BCUT2D eigenvalue weighted by molar-refractivity contribution is 5.21. The minimum absolute atomic E-state index is 0.178. The molecule has 0 amide bonds. The number of nitrogens with one attached hydrogen (secondary N) is 3. The zero-order valence-electron chi connectivity index (χ0n) is 10.9. The Morgan fingerprint density at radius 1 is 1.32 bits per heavy atom. The number of aromatic nitrogens is 4. The van der Waals surface area contributed by atoms with Crippen LogP contribution in [0.1, 0.15) is 32.2 Å². The van der Waals surface area contributed by atoms with E-state index in [1.54, 1.807) is 0 Å². The van der Waals surface area contributed by atoms with E-state index in [2.05, 4.69) is 25.5 Å². The molecule has 0 saturated carbocycles. The fourth-order valence-corrected chi connectivity index (χ4v) is 1.34. The first-order valence-corrected chi connectivity index (χ1v) is 5.75. The highest BCUT2D eigenvalue weighted by Gasteiger charge is 2.21. The van der Waals surface area contributed by atoms with E-state index in [-0.39, 0.29) is 18.0 Å². The van der Waals surface area contributed by atoms with E-state index in [1.165, 1.54) is 6.20 Å². The normalized spacial score (nSPS) is 11.5. The van der Waals surface area contributed by atoms with Gasteiger partial charge in [0.15, 0.2) is 0 Å². The summed E-state index contributed by atoms with van der Waals surface area (Å²) in [6, 6.07) is 0.232. The molecule has 0 radical (unpaired) electrons. The van der Waals surface area contributed by atoms with Crippen molar-refractivity contribution in [3.63, 3.8) is 0 Å². The molecule has 0 fully saturated rings. The van der Waals surface area contributed by atoms with E-state index in [4.69, 9.17) is 4.42 Å². The summed E-state index contributed by atoms with van der Waals surface area (Å²) in [4.78, 5) is 26.8. The van der Waals surface area contributed by atoms with Crippen molar-refractivity contribution in [2.24, 2.45) is 0 Å². The van der Waals surface area contributed by atoms with Crippen LogP contribution in [0.15, 0.2) is 20.2 Å². The van der Waals surface area contributed by atoms with Crippen molar-refractivity contribution in [1.29, 1.82) is 0 Å². The highest BCUT2D eigenvalue weighted by Crippen LogP contribution is 2.21.